The van der Waals surface area contributed by atoms with Crippen molar-refractivity contribution in [1.82, 2.24) is 10.2 Å². The zero-order chi connectivity index (χ0) is 27.2. The molecule has 0 aromatic heterocycles. The highest BCUT2D eigenvalue weighted by atomic mass is 35.5. The molecule has 0 aliphatic rings. The van der Waals surface area contributed by atoms with E-state index >= 15 is 0 Å². The number of nitrogens with one attached hydrogen (secondary N) is 1. The molecule has 2 amide bonds. The fourth-order valence-corrected chi connectivity index (χ4v) is 5.41. The summed E-state index contributed by atoms with van der Waals surface area (Å²) in [7, 11) is -4.21. The van der Waals surface area contributed by atoms with Gasteiger partial charge in [0.1, 0.15) is 18.4 Å². The molecule has 0 spiro atoms. The average molecular weight is 546 g/mol. The Labute approximate surface area is 221 Å². The van der Waals surface area contributed by atoms with Gasteiger partial charge in [-0.2, -0.15) is 0 Å². The number of sulfonamides is 1. The summed E-state index contributed by atoms with van der Waals surface area (Å²) in [6, 6.07) is 17.3. The highest BCUT2D eigenvalue weighted by Crippen LogP contribution is 2.28. The van der Waals surface area contributed by atoms with Gasteiger partial charge in [0, 0.05) is 23.7 Å². The molecule has 0 saturated carbocycles. The molecule has 0 bridgehead atoms. The molecule has 3 aromatic carbocycles. The van der Waals surface area contributed by atoms with E-state index in [0.29, 0.717) is 22.8 Å². The quantitative estimate of drug-likeness (QED) is 0.405. The zero-order valence-electron chi connectivity index (χ0n) is 20.8. The molecule has 0 heterocycles. The molecule has 0 fully saturated rings. The third kappa shape index (κ3) is 6.67. The van der Waals surface area contributed by atoms with Gasteiger partial charge in [-0.25, -0.2) is 12.8 Å². The summed E-state index contributed by atoms with van der Waals surface area (Å²) < 4.78 is 43.0. The molecule has 0 saturated heterocycles. The van der Waals surface area contributed by atoms with Crippen LogP contribution in [0.2, 0.25) is 5.02 Å². The number of likely N-dealkylation sites (N-methyl/N-ethyl adjacent to an activating group) is 1. The first-order valence-electron chi connectivity index (χ1n) is 11.7. The molecule has 0 aliphatic carbocycles. The van der Waals surface area contributed by atoms with Crippen molar-refractivity contribution in [3.8, 4) is 0 Å². The van der Waals surface area contributed by atoms with E-state index < -0.39 is 40.2 Å². The number of nitrogens with zero attached hydrogens (tertiary/aromatic N) is 2. The van der Waals surface area contributed by atoms with Gasteiger partial charge in [0.05, 0.1) is 10.6 Å². The molecule has 3 rings (SSSR count). The fraction of sp³-hybridized carbons (Fsp3) is 0.259. The summed E-state index contributed by atoms with van der Waals surface area (Å²) in [5, 5.41) is 3.03. The molecule has 10 heteroatoms. The van der Waals surface area contributed by atoms with Gasteiger partial charge < -0.3 is 10.2 Å². The van der Waals surface area contributed by atoms with E-state index in [4.69, 9.17) is 11.6 Å². The first-order chi connectivity index (χ1) is 17.6. The summed E-state index contributed by atoms with van der Waals surface area (Å²) in [6.45, 7) is 4.52. The third-order valence-corrected chi connectivity index (χ3v) is 7.91. The van der Waals surface area contributed by atoms with Crippen molar-refractivity contribution in [2.45, 2.75) is 38.3 Å². The minimum atomic E-state index is -4.21. The van der Waals surface area contributed by atoms with Gasteiger partial charge in [-0.3, -0.25) is 13.9 Å². The van der Waals surface area contributed by atoms with Crippen LogP contribution in [0.4, 0.5) is 10.1 Å². The standard InChI is InChI=1S/C27H29ClFN3O4S/c1-4-30-27(34)20(3)31(17-21-10-6-7-11-24(21)29)26(33)18-32(25-12-8-5-9-19(25)2)37(35,36)23-15-13-22(28)14-16-23/h5-16,20H,4,17-18H2,1-3H3,(H,30,34). The summed E-state index contributed by atoms with van der Waals surface area (Å²) in [6.07, 6.45) is 0. The summed E-state index contributed by atoms with van der Waals surface area (Å²) in [5.74, 6) is -1.63. The zero-order valence-corrected chi connectivity index (χ0v) is 22.4. The Morgan fingerprint density at radius 2 is 1.62 bits per heavy atom. The Morgan fingerprint density at radius 3 is 2.24 bits per heavy atom. The number of hydrogen-bond acceptors (Lipinski definition) is 4. The number of carbonyl (C=O) groups excluding carboxylic acids is 2. The number of para-hydroxylation sites is 1. The van der Waals surface area contributed by atoms with Crippen LogP contribution in [0.1, 0.15) is 25.0 Å². The van der Waals surface area contributed by atoms with E-state index in [1.807, 2.05) is 0 Å². The van der Waals surface area contributed by atoms with Crippen molar-refractivity contribution in [1.29, 1.82) is 0 Å². The molecule has 1 unspecified atom stereocenters. The highest BCUT2D eigenvalue weighted by molar-refractivity contribution is 7.92. The molecule has 0 radical (unpaired) electrons. The fourth-order valence-electron chi connectivity index (χ4n) is 3.81. The second-order valence-corrected chi connectivity index (χ2v) is 10.7. The number of amides is 2. The van der Waals surface area contributed by atoms with Crippen LogP contribution in [-0.4, -0.2) is 44.3 Å². The van der Waals surface area contributed by atoms with Crippen LogP contribution in [0.25, 0.3) is 0 Å². The van der Waals surface area contributed by atoms with Crippen molar-refractivity contribution < 1.29 is 22.4 Å². The second kappa shape index (κ2) is 12.2. The maximum absolute atomic E-state index is 14.5. The lowest BCUT2D eigenvalue weighted by atomic mass is 10.1. The minimum Gasteiger partial charge on any atom is -0.355 e. The second-order valence-electron chi connectivity index (χ2n) is 8.44. The lowest BCUT2D eigenvalue weighted by Gasteiger charge is -2.32. The molecule has 0 aliphatic heterocycles. The number of rotatable bonds is 10. The van der Waals surface area contributed by atoms with Crippen LogP contribution < -0.4 is 9.62 Å². The van der Waals surface area contributed by atoms with Gasteiger partial charge in [0.2, 0.25) is 11.8 Å². The van der Waals surface area contributed by atoms with E-state index in [1.54, 1.807) is 44.2 Å². The number of benzene rings is 3. The number of anilines is 1. The number of halogens is 2. The number of carbonyl (C=O) groups is 2. The predicted octanol–water partition coefficient (Wildman–Crippen LogP) is 4.54. The van der Waals surface area contributed by atoms with Gasteiger partial charge >= 0.3 is 0 Å². The Bertz CT molecular complexity index is 1370. The normalized spacial score (nSPS) is 12.0. The van der Waals surface area contributed by atoms with Crippen LogP contribution in [0, 0.1) is 12.7 Å². The van der Waals surface area contributed by atoms with Crippen LogP contribution in [0.3, 0.4) is 0 Å². The number of aryl methyl sites for hydroxylation is 1. The summed E-state index contributed by atoms with van der Waals surface area (Å²) >= 11 is 5.95. The minimum absolute atomic E-state index is 0.0506. The Balaban J connectivity index is 2.05. The van der Waals surface area contributed by atoms with Gasteiger partial charge in [-0.15, -0.1) is 0 Å². The molecular formula is C27H29ClFN3O4S. The van der Waals surface area contributed by atoms with E-state index in [-0.39, 0.29) is 17.0 Å². The predicted molar refractivity (Wildman–Crippen MR) is 142 cm³/mol. The van der Waals surface area contributed by atoms with Crippen molar-refractivity contribution in [2.24, 2.45) is 0 Å². The molecule has 37 heavy (non-hydrogen) atoms. The van der Waals surface area contributed by atoms with E-state index in [1.165, 1.54) is 54.3 Å². The Hall–Kier alpha value is -3.43. The lowest BCUT2D eigenvalue weighted by molar-refractivity contribution is -0.139. The molecule has 196 valence electrons. The summed E-state index contributed by atoms with van der Waals surface area (Å²) in [5.41, 5.74) is 1.14. The van der Waals surface area contributed by atoms with Crippen LogP contribution in [0.15, 0.2) is 77.7 Å². The smallest absolute Gasteiger partial charge is 0.264 e. The lowest BCUT2D eigenvalue weighted by Crippen LogP contribution is -2.51. The summed E-state index contributed by atoms with van der Waals surface area (Å²) in [4.78, 5) is 27.5. The van der Waals surface area contributed by atoms with Gasteiger partial charge in [0.25, 0.3) is 10.0 Å². The van der Waals surface area contributed by atoms with Crippen molar-refractivity contribution in [3.05, 3.63) is 94.8 Å². The SMILES string of the molecule is CCNC(=O)C(C)N(Cc1ccccc1F)C(=O)CN(c1ccccc1C)S(=O)(=O)c1ccc(Cl)cc1. The van der Waals surface area contributed by atoms with Crippen molar-refractivity contribution in [2.75, 3.05) is 17.4 Å². The van der Waals surface area contributed by atoms with Crippen LogP contribution in [0.5, 0.6) is 0 Å². The van der Waals surface area contributed by atoms with Gasteiger partial charge in [0.15, 0.2) is 0 Å². The third-order valence-electron chi connectivity index (χ3n) is 5.88. The van der Waals surface area contributed by atoms with Crippen LogP contribution >= 0.6 is 11.6 Å². The molecular weight excluding hydrogens is 517 g/mol. The Kier molecular flexibility index (Phi) is 9.29. The first-order valence-corrected chi connectivity index (χ1v) is 13.5. The maximum atomic E-state index is 14.5. The van der Waals surface area contributed by atoms with Crippen LogP contribution in [-0.2, 0) is 26.2 Å². The number of hydrogen-bond donors (Lipinski definition) is 1. The van der Waals surface area contributed by atoms with E-state index in [0.717, 1.165) is 4.31 Å². The van der Waals surface area contributed by atoms with Gasteiger partial charge in [-0.1, -0.05) is 48.0 Å². The molecule has 1 atom stereocenters. The van der Waals surface area contributed by atoms with Crippen molar-refractivity contribution >= 4 is 39.1 Å². The molecule has 3 aromatic rings. The van der Waals surface area contributed by atoms with Crippen molar-refractivity contribution in [3.63, 3.8) is 0 Å². The average Bonchev–Trinajstić information content (AvgIpc) is 2.87. The molecule has 7 nitrogen and oxygen atoms in total. The highest BCUT2D eigenvalue weighted by Gasteiger charge is 2.33. The van der Waals surface area contributed by atoms with E-state index in [2.05, 4.69) is 5.32 Å². The Morgan fingerprint density at radius 1 is 1.00 bits per heavy atom. The van der Waals surface area contributed by atoms with Gasteiger partial charge in [-0.05, 0) is 62.7 Å². The topological polar surface area (TPSA) is 86.8 Å². The first kappa shape index (κ1) is 28.1. The monoisotopic (exact) mass is 545 g/mol. The maximum Gasteiger partial charge on any atom is 0.264 e. The molecule has 1 N–H and O–H groups in total. The van der Waals surface area contributed by atoms with E-state index in [9.17, 15) is 22.4 Å². The largest absolute Gasteiger partial charge is 0.355 e.